The molecule has 5 heterocycles. The number of hydrogen-bond donors (Lipinski definition) is 3. The molecule has 2 aromatic carbocycles. The van der Waals surface area contributed by atoms with Crippen LogP contribution in [-0.2, 0) is 30.3 Å². The van der Waals surface area contributed by atoms with Gasteiger partial charge in [0.15, 0.2) is 0 Å². The Kier molecular flexibility index (Phi) is 16.4. The Balaban J connectivity index is 0.00000248. The minimum absolute atomic E-state index is 0. The molecule has 14 nitrogen and oxygen atoms in total. The molecular weight excluding hydrogens is 799 g/mol. The number of nitrogens with zero attached hydrogens (tertiary/aromatic N) is 4. The molecule has 0 radical (unpaired) electrons. The predicted molar refractivity (Wildman–Crippen MR) is 236 cm³/mol. The van der Waals surface area contributed by atoms with Crippen molar-refractivity contribution in [2.24, 2.45) is 0 Å². The summed E-state index contributed by atoms with van der Waals surface area (Å²) in [7, 11) is 1.26. The van der Waals surface area contributed by atoms with Crippen LogP contribution in [0.4, 0.5) is 9.59 Å². The van der Waals surface area contributed by atoms with E-state index >= 15 is 0 Å². The largest absolute Gasteiger partial charge is 0.453 e. The number of likely N-dealkylation sites (tertiary alicyclic amines) is 1. The molecule has 3 N–H and O–H groups in total. The highest BCUT2D eigenvalue weighted by Gasteiger charge is 2.37. The summed E-state index contributed by atoms with van der Waals surface area (Å²) in [5.41, 5.74) is 6.14. The van der Waals surface area contributed by atoms with Crippen molar-refractivity contribution in [2.75, 3.05) is 40.0 Å². The van der Waals surface area contributed by atoms with Crippen LogP contribution in [0.5, 0.6) is 0 Å². The van der Waals surface area contributed by atoms with Crippen LogP contribution >= 0.6 is 40.5 Å². The van der Waals surface area contributed by atoms with E-state index < -0.39 is 17.7 Å². The molecule has 3 amide bonds. The number of amides is 3. The number of benzene rings is 2. The van der Waals surface area contributed by atoms with Crippen molar-refractivity contribution in [1.29, 1.82) is 0 Å². The molecule has 314 valence electrons. The third kappa shape index (κ3) is 10.8. The number of alkyl carbamates (subject to hydrolysis) is 1. The van der Waals surface area contributed by atoms with Crippen molar-refractivity contribution >= 4 is 58.6 Å². The summed E-state index contributed by atoms with van der Waals surface area (Å²) < 4.78 is 22.3. The SMILES string of the molecule is COC(=O)N[C@H]1COCC=CCOCc2cc(-c3ccc(-c4cnc([C@@H]5CCCN5C(=O)OC(C)(C)C)[nH]4)cc3)ccc2-c2cnc([nH]2)[C@@H]2CCCN2C1=O.S.S.S. The van der Waals surface area contributed by atoms with Gasteiger partial charge in [0.25, 0.3) is 0 Å². The van der Waals surface area contributed by atoms with Gasteiger partial charge in [-0.3, -0.25) is 9.69 Å². The molecule has 0 spiro atoms. The molecule has 4 aromatic rings. The fourth-order valence-corrected chi connectivity index (χ4v) is 7.40. The summed E-state index contributed by atoms with van der Waals surface area (Å²) in [6.45, 7) is 7.78. The van der Waals surface area contributed by atoms with Crippen LogP contribution in [0.1, 0.15) is 75.8 Å². The van der Waals surface area contributed by atoms with E-state index in [1.807, 2.05) is 39.1 Å². The number of ether oxygens (including phenoxy) is 4. The zero-order valence-corrected chi connectivity index (χ0v) is 36.3. The number of imidazole rings is 2. The zero-order chi connectivity index (χ0) is 38.5. The molecule has 2 fully saturated rings. The number of hydrogen-bond acceptors (Lipinski definition) is 9. The minimum Gasteiger partial charge on any atom is -0.453 e. The summed E-state index contributed by atoms with van der Waals surface area (Å²) in [5, 5.41) is 2.63. The Bertz CT molecular complexity index is 2030. The highest BCUT2D eigenvalue weighted by Crippen LogP contribution is 2.36. The fourth-order valence-electron chi connectivity index (χ4n) is 7.40. The molecule has 2 bridgehead atoms. The summed E-state index contributed by atoms with van der Waals surface area (Å²) in [4.78, 5) is 58.6. The van der Waals surface area contributed by atoms with Crippen LogP contribution in [0.25, 0.3) is 33.6 Å². The Hall–Kier alpha value is -4.42. The van der Waals surface area contributed by atoms with Crippen LogP contribution in [0.3, 0.4) is 0 Å². The Morgan fingerprint density at radius 1 is 0.828 bits per heavy atom. The van der Waals surface area contributed by atoms with Gasteiger partial charge in [-0.25, -0.2) is 19.6 Å². The highest BCUT2D eigenvalue weighted by molar-refractivity contribution is 7.59. The Morgan fingerprint density at radius 3 is 2.17 bits per heavy atom. The number of fused-ring (bicyclic) bond motifs is 6. The summed E-state index contributed by atoms with van der Waals surface area (Å²) in [6.07, 6.45) is 9.59. The summed E-state index contributed by atoms with van der Waals surface area (Å²) in [5.74, 6) is 1.19. The van der Waals surface area contributed by atoms with E-state index in [-0.39, 0.29) is 77.8 Å². The molecule has 58 heavy (non-hydrogen) atoms. The van der Waals surface area contributed by atoms with Crippen LogP contribution in [0, 0.1) is 0 Å². The lowest BCUT2D eigenvalue weighted by molar-refractivity contribution is -0.135. The Morgan fingerprint density at radius 2 is 1.45 bits per heavy atom. The number of nitrogens with one attached hydrogen (secondary N) is 3. The first-order valence-corrected chi connectivity index (χ1v) is 18.9. The molecule has 2 saturated heterocycles. The maximum Gasteiger partial charge on any atom is 0.410 e. The number of H-pyrrole nitrogens is 2. The Labute approximate surface area is 360 Å². The maximum absolute atomic E-state index is 13.7. The first kappa shape index (κ1) is 46.3. The lowest BCUT2D eigenvalue weighted by Crippen LogP contribution is -2.50. The van der Waals surface area contributed by atoms with E-state index in [9.17, 15) is 14.4 Å². The second-order valence-electron chi connectivity index (χ2n) is 15.0. The molecule has 3 aliphatic heterocycles. The third-order valence-corrected chi connectivity index (χ3v) is 10.1. The zero-order valence-electron chi connectivity index (χ0n) is 33.3. The van der Waals surface area contributed by atoms with Gasteiger partial charge in [-0.15, -0.1) is 0 Å². The van der Waals surface area contributed by atoms with E-state index in [1.54, 1.807) is 16.0 Å². The van der Waals surface area contributed by atoms with Gasteiger partial charge in [-0.05, 0) is 74.8 Å². The number of rotatable bonds is 4. The standard InChI is InChI=1S/C41H49N7O7.3H2S/c1-41(2,3)55-40(51)48-18-8-10-35(48)37-42-22-31(44-37)27-13-11-26(12-14-27)28-15-16-30-29(21-28)24-53-19-5-6-20-54-25-33(46-39(50)52-4)38(49)47-17-7-9-34(47)36-43-23-32(30)45-36;;;/h5-6,11-16,21-23,33-35H,7-10,17-20,24-25H2,1-4H3,(H,42,44)(H,43,45)(H,46,50);3*1H2/t33-,34-,35-;;;/m0.../s1. The predicted octanol–water partition coefficient (Wildman–Crippen LogP) is 7.04. The van der Waals surface area contributed by atoms with Crippen molar-refractivity contribution in [2.45, 2.75) is 76.8 Å². The van der Waals surface area contributed by atoms with Gasteiger partial charge in [-0.1, -0.05) is 48.6 Å². The average Bonchev–Trinajstić information content (AvgIpc) is 4.01. The topological polar surface area (TPSA) is 164 Å². The van der Waals surface area contributed by atoms with Gasteiger partial charge in [-0.2, -0.15) is 40.5 Å². The first-order valence-electron chi connectivity index (χ1n) is 18.9. The molecule has 0 unspecified atom stereocenters. The summed E-state index contributed by atoms with van der Waals surface area (Å²) >= 11 is 0. The number of aromatic nitrogens is 4. The van der Waals surface area contributed by atoms with Gasteiger partial charge in [0, 0.05) is 18.7 Å². The van der Waals surface area contributed by atoms with Crippen molar-refractivity contribution in [3.05, 3.63) is 84.2 Å². The summed E-state index contributed by atoms with van der Waals surface area (Å²) in [6, 6.07) is 13.3. The smallest absolute Gasteiger partial charge is 0.410 e. The molecule has 0 saturated carbocycles. The van der Waals surface area contributed by atoms with Crippen molar-refractivity contribution in [3.63, 3.8) is 0 Å². The van der Waals surface area contributed by atoms with E-state index in [0.29, 0.717) is 32.1 Å². The van der Waals surface area contributed by atoms with Gasteiger partial charge in [0.1, 0.15) is 23.3 Å². The maximum atomic E-state index is 13.7. The van der Waals surface area contributed by atoms with E-state index in [2.05, 4.69) is 62.7 Å². The molecule has 3 atom stereocenters. The average molecular weight is 854 g/mol. The van der Waals surface area contributed by atoms with Crippen molar-refractivity contribution < 1.29 is 33.3 Å². The quantitative estimate of drug-likeness (QED) is 0.183. The molecule has 2 aromatic heterocycles. The fraction of sp³-hybridized carbons (Fsp3) is 0.439. The lowest BCUT2D eigenvalue weighted by Gasteiger charge is -2.28. The number of aromatic amines is 2. The van der Waals surface area contributed by atoms with E-state index in [0.717, 1.165) is 70.7 Å². The first-order chi connectivity index (χ1) is 26.6. The van der Waals surface area contributed by atoms with Gasteiger partial charge in [0.05, 0.1) is 69.4 Å². The normalized spacial score (nSPS) is 19.7. The number of methoxy groups -OCH3 is 1. The highest BCUT2D eigenvalue weighted by atomic mass is 32.1. The van der Waals surface area contributed by atoms with Crippen LogP contribution in [-0.4, -0.2) is 99.5 Å². The molecule has 7 rings (SSSR count). The van der Waals surface area contributed by atoms with Gasteiger partial charge in [0.2, 0.25) is 5.91 Å². The van der Waals surface area contributed by atoms with E-state index in [4.69, 9.17) is 23.9 Å². The number of carbonyl (C=O) groups is 3. The van der Waals surface area contributed by atoms with Gasteiger partial charge >= 0.3 is 12.2 Å². The van der Waals surface area contributed by atoms with Crippen LogP contribution < -0.4 is 5.32 Å². The van der Waals surface area contributed by atoms with Gasteiger partial charge < -0.3 is 39.1 Å². The second kappa shape index (κ2) is 20.5. The molecule has 3 aliphatic rings. The van der Waals surface area contributed by atoms with Crippen LogP contribution in [0.2, 0.25) is 0 Å². The molecule has 17 heteroatoms. The molecule has 0 aliphatic carbocycles. The van der Waals surface area contributed by atoms with Crippen LogP contribution in [0.15, 0.2) is 67.0 Å². The third-order valence-electron chi connectivity index (χ3n) is 10.1. The minimum atomic E-state index is -0.901. The lowest BCUT2D eigenvalue weighted by atomic mass is 9.97. The van der Waals surface area contributed by atoms with Crippen molar-refractivity contribution in [3.8, 4) is 33.6 Å². The second-order valence-corrected chi connectivity index (χ2v) is 15.0. The van der Waals surface area contributed by atoms with E-state index in [1.165, 1.54) is 7.11 Å². The van der Waals surface area contributed by atoms with Crippen molar-refractivity contribution in [1.82, 2.24) is 35.1 Å². The number of carbonyl (C=O) groups excluding carboxylic acids is 3. The molecular formula is C41H55N7O7S3. The monoisotopic (exact) mass is 853 g/mol.